The van der Waals surface area contributed by atoms with Gasteiger partial charge in [0.2, 0.25) is 0 Å². The van der Waals surface area contributed by atoms with Gasteiger partial charge in [0.25, 0.3) is 0 Å². The second-order valence-corrected chi connectivity index (χ2v) is 5.14. The Morgan fingerprint density at radius 2 is 1.71 bits per heavy atom. The van der Waals surface area contributed by atoms with E-state index >= 15 is 0 Å². The lowest BCUT2D eigenvalue weighted by Crippen LogP contribution is -2.48. The maximum Gasteiger partial charge on any atom is 0.416 e. The van der Waals surface area contributed by atoms with E-state index < -0.39 is 17.8 Å². The maximum absolute atomic E-state index is 12.5. The third-order valence-corrected chi connectivity index (χ3v) is 3.65. The van der Waals surface area contributed by atoms with E-state index in [-0.39, 0.29) is 0 Å². The van der Waals surface area contributed by atoms with Gasteiger partial charge in [-0.3, -0.25) is 4.90 Å². The molecule has 1 aliphatic heterocycles. The second-order valence-electron chi connectivity index (χ2n) is 5.14. The molecule has 1 heterocycles. The van der Waals surface area contributed by atoms with Gasteiger partial charge in [0.1, 0.15) is 0 Å². The largest absolute Gasteiger partial charge is 0.416 e. The van der Waals surface area contributed by atoms with Crippen LogP contribution < -0.4 is 4.90 Å². The number of nitrogens with zero attached hydrogens (tertiary/aromatic N) is 2. The topological polar surface area (TPSA) is 26.7 Å². The third-order valence-electron chi connectivity index (χ3n) is 3.65. The van der Waals surface area contributed by atoms with Crippen molar-refractivity contribution in [1.29, 1.82) is 0 Å². The molecule has 1 saturated heterocycles. The highest BCUT2D eigenvalue weighted by molar-refractivity contribution is 5.48. The van der Waals surface area contributed by atoms with Crippen LogP contribution >= 0.6 is 0 Å². The van der Waals surface area contributed by atoms with Crippen LogP contribution in [0.5, 0.6) is 0 Å². The molecule has 1 aliphatic rings. The molecule has 21 heavy (non-hydrogen) atoms. The molecule has 1 atom stereocenters. The zero-order valence-electron chi connectivity index (χ0n) is 11.7. The molecule has 116 valence electrons. The van der Waals surface area contributed by atoms with Crippen LogP contribution in [0.25, 0.3) is 0 Å². The van der Waals surface area contributed by atoms with E-state index in [4.69, 9.17) is 0 Å². The van der Waals surface area contributed by atoms with Crippen LogP contribution in [0, 0.1) is 0 Å². The number of alkyl halides is 3. The van der Waals surface area contributed by atoms with E-state index in [1.165, 1.54) is 18.2 Å². The Bertz CT molecular complexity index is 465. The Balaban J connectivity index is 1.92. The summed E-state index contributed by atoms with van der Waals surface area (Å²) in [6, 6.07) is 5.25. The smallest absolute Gasteiger partial charge is 0.388 e. The van der Waals surface area contributed by atoms with Crippen molar-refractivity contribution in [3.63, 3.8) is 0 Å². The van der Waals surface area contributed by atoms with Gasteiger partial charge in [-0.25, -0.2) is 0 Å². The molecule has 0 unspecified atom stereocenters. The summed E-state index contributed by atoms with van der Waals surface area (Å²) >= 11 is 0. The average molecular weight is 300 g/mol. The van der Waals surface area contributed by atoms with E-state index in [9.17, 15) is 18.3 Å². The highest BCUT2D eigenvalue weighted by Gasteiger charge is 2.30. The van der Waals surface area contributed by atoms with Crippen molar-refractivity contribution in [2.75, 3.05) is 37.6 Å². The molecule has 1 fully saturated rings. The minimum atomic E-state index is -4.29. The fourth-order valence-corrected chi connectivity index (χ4v) is 2.39. The lowest BCUT2D eigenvalue weighted by molar-refractivity contribution is -0.137. The van der Waals surface area contributed by atoms with Gasteiger partial charge in [0.05, 0.1) is 11.7 Å². The second kappa shape index (κ2) is 6.49. The van der Waals surface area contributed by atoms with E-state index in [0.717, 1.165) is 44.0 Å². The predicted molar refractivity (Wildman–Crippen MR) is 76.3 cm³/mol. The molecule has 1 aromatic carbocycles. The molecule has 1 N–H and O–H groups in total. The van der Waals surface area contributed by atoms with Crippen molar-refractivity contribution in [2.45, 2.75) is 12.3 Å². The van der Waals surface area contributed by atoms with E-state index in [1.807, 2.05) is 0 Å². The van der Waals surface area contributed by atoms with Crippen LogP contribution in [0.1, 0.15) is 5.56 Å². The monoisotopic (exact) mass is 300 g/mol. The Labute approximate surface area is 122 Å². The van der Waals surface area contributed by atoms with Crippen molar-refractivity contribution < 1.29 is 18.3 Å². The Hall–Kier alpha value is -1.53. The molecule has 1 aromatic rings. The molecule has 0 aromatic heterocycles. The molecule has 2 rings (SSSR count). The van der Waals surface area contributed by atoms with Gasteiger partial charge in [0.15, 0.2) is 0 Å². The van der Waals surface area contributed by atoms with Gasteiger partial charge in [-0.05, 0) is 24.3 Å². The third kappa shape index (κ3) is 4.22. The molecule has 0 radical (unpaired) electrons. The van der Waals surface area contributed by atoms with Gasteiger partial charge in [-0.2, -0.15) is 13.2 Å². The number of β-amino-alcohol motifs (C(OH)–C–C–N with tert-alkyl or cyclic N) is 1. The Morgan fingerprint density at radius 1 is 1.14 bits per heavy atom. The Morgan fingerprint density at radius 3 is 2.19 bits per heavy atom. The summed E-state index contributed by atoms with van der Waals surface area (Å²) < 4.78 is 37.5. The molecule has 0 amide bonds. The Kier molecular flexibility index (Phi) is 4.90. The number of halogens is 3. The SMILES string of the molecule is C=C[C@@H](O)CN1CCN(c2ccc(C(F)(F)F)cc2)CC1. The number of hydrogen-bond acceptors (Lipinski definition) is 3. The molecule has 3 nitrogen and oxygen atoms in total. The number of hydrogen-bond donors (Lipinski definition) is 1. The number of anilines is 1. The molecule has 0 spiro atoms. The molecular formula is C15H19F3N2O. The van der Waals surface area contributed by atoms with Crippen LogP contribution in [0.15, 0.2) is 36.9 Å². The van der Waals surface area contributed by atoms with Gasteiger partial charge in [-0.15, -0.1) is 6.58 Å². The van der Waals surface area contributed by atoms with Crippen LogP contribution in [0.4, 0.5) is 18.9 Å². The summed E-state index contributed by atoms with van der Waals surface area (Å²) in [6.07, 6.45) is -3.33. The molecule has 0 aliphatic carbocycles. The van der Waals surface area contributed by atoms with Crippen molar-refractivity contribution in [1.82, 2.24) is 4.90 Å². The summed E-state index contributed by atoms with van der Waals surface area (Å²) in [5, 5.41) is 9.52. The molecule has 6 heteroatoms. The van der Waals surface area contributed by atoms with Crippen molar-refractivity contribution in [2.24, 2.45) is 0 Å². The zero-order valence-corrected chi connectivity index (χ0v) is 11.7. The summed E-state index contributed by atoms with van der Waals surface area (Å²) in [6.45, 7) is 7.09. The molecular weight excluding hydrogens is 281 g/mol. The lowest BCUT2D eigenvalue weighted by Gasteiger charge is -2.36. The number of rotatable bonds is 4. The van der Waals surface area contributed by atoms with Crippen molar-refractivity contribution in [3.8, 4) is 0 Å². The van der Waals surface area contributed by atoms with Crippen LogP contribution in [0.2, 0.25) is 0 Å². The lowest BCUT2D eigenvalue weighted by atomic mass is 10.1. The minimum absolute atomic E-state index is 0.539. The van der Waals surface area contributed by atoms with E-state index in [1.54, 1.807) is 0 Å². The van der Waals surface area contributed by atoms with Gasteiger partial charge >= 0.3 is 6.18 Å². The first kappa shape index (κ1) is 15.9. The number of benzene rings is 1. The molecule has 0 saturated carbocycles. The first-order chi connectivity index (χ1) is 9.90. The van der Waals surface area contributed by atoms with E-state index in [0.29, 0.717) is 6.54 Å². The number of aliphatic hydroxyl groups excluding tert-OH is 1. The van der Waals surface area contributed by atoms with E-state index in [2.05, 4.69) is 16.4 Å². The van der Waals surface area contributed by atoms with Crippen LogP contribution in [-0.4, -0.2) is 48.8 Å². The fraction of sp³-hybridized carbons (Fsp3) is 0.467. The number of piperazine rings is 1. The summed E-state index contributed by atoms with van der Waals surface area (Å²) in [5.41, 5.74) is 0.172. The van der Waals surface area contributed by atoms with Gasteiger partial charge in [0, 0.05) is 38.4 Å². The average Bonchev–Trinajstić information content (AvgIpc) is 2.47. The normalized spacial score (nSPS) is 18.6. The standard InChI is InChI=1S/C15H19F3N2O/c1-2-14(21)11-19-7-9-20(10-8-19)13-5-3-12(4-6-13)15(16,17)18/h2-6,14,21H,1,7-11H2/t14-/m1/s1. The summed E-state index contributed by atoms with van der Waals surface area (Å²) in [7, 11) is 0. The highest BCUT2D eigenvalue weighted by Crippen LogP contribution is 2.30. The maximum atomic E-state index is 12.5. The van der Waals surface area contributed by atoms with Crippen molar-refractivity contribution in [3.05, 3.63) is 42.5 Å². The van der Waals surface area contributed by atoms with Crippen LogP contribution in [0.3, 0.4) is 0 Å². The number of aliphatic hydroxyl groups is 1. The van der Waals surface area contributed by atoms with Gasteiger partial charge < -0.3 is 10.0 Å². The minimum Gasteiger partial charge on any atom is -0.388 e. The summed E-state index contributed by atoms with van der Waals surface area (Å²) in [5.74, 6) is 0. The quantitative estimate of drug-likeness (QED) is 0.865. The fourth-order valence-electron chi connectivity index (χ4n) is 2.39. The molecule has 0 bridgehead atoms. The van der Waals surface area contributed by atoms with Crippen molar-refractivity contribution >= 4 is 5.69 Å². The zero-order chi connectivity index (χ0) is 15.5. The summed E-state index contributed by atoms with van der Waals surface area (Å²) in [4.78, 5) is 4.17. The highest BCUT2D eigenvalue weighted by atomic mass is 19.4. The van der Waals surface area contributed by atoms with Crippen LogP contribution in [-0.2, 0) is 6.18 Å². The first-order valence-corrected chi connectivity index (χ1v) is 6.85. The predicted octanol–water partition coefficient (Wildman–Crippen LogP) is 2.37. The first-order valence-electron chi connectivity index (χ1n) is 6.85. The van der Waals surface area contributed by atoms with Gasteiger partial charge in [-0.1, -0.05) is 6.08 Å².